The second-order valence-corrected chi connectivity index (χ2v) is 4.47. The van der Waals surface area contributed by atoms with Crippen LogP contribution in [-0.4, -0.2) is 13.1 Å². The fraction of sp³-hybridized carbons (Fsp3) is 0.0625. The number of halogens is 5. The number of rotatable bonds is 4. The van der Waals surface area contributed by atoms with Crippen molar-refractivity contribution in [2.24, 2.45) is 0 Å². The molecule has 0 saturated heterocycles. The lowest BCUT2D eigenvalue weighted by Gasteiger charge is -2.12. The molecule has 2 aromatic carbocycles. The third kappa shape index (κ3) is 2.94. The number of hydrogen-bond donors (Lipinski definition) is 0. The van der Waals surface area contributed by atoms with Gasteiger partial charge in [-0.05, 0) is 6.07 Å². The van der Waals surface area contributed by atoms with Crippen molar-refractivity contribution in [3.8, 4) is 11.5 Å². The summed E-state index contributed by atoms with van der Waals surface area (Å²) in [6.07, 6.45) is 0. The summed E-state index contributed by atoms with van der Waals surface area (Å²) < 4.78 is 75.5. The highest BCUT2D eigenvalue weighted by atomic mass is 19.2. The van der Waals surface area contributed by atoms with Crippen LogP contribution in [-0.2, 0) is 4.79 Å². The summed E-state index contributed by atoms with van der Waals surface area (Å²) >= 11 is 0. The van der Waals surface area contributed by atoms with Crippen molar-refractivity contribution < 1.29 is 36.2 Å². The molecule has 0 bridgehead atoms. The molecule has 0 unspecified atom stereocenters. The van der Waals surface area contributed by atoms with Gasteiger partial charge in [0, 0.05) is 5.56 Å². The van der Waals surface area contributed by atoms with E-state index in [0.717, 1.165) is 0 Å². The molecule has 0 N–H and O–H groups in total. The lowest BCUT2D eigenvalue weighted by atomic mass is 10.1. The first kappa shape index (κ1) is 17.5. The van der Waals surface area contributed by atoms with Crippen molar-refractivity contribution in [3.63, 3.8) is 0 Å². The Kier molecular flexibility index (Phi) is 4.87. The van der Waals surface area contributed by atoms with Crippen molar-refractivity contribution in [2.75, 3.05) is 7.11 Å². The molecule has 2 rings (SSSR count). The quantitative estimate of drug-likeness (QED) is 0.210. The van der Waals surface area contributed by atoms with E-state index in [4.69, 9.17) is 4.74 Å². The standard InChI is InChI=1S/C16H9F5O3/c1-7(8-5-3-4-6-9(8)23-2)16(22)24-15-13(20)11(18)10(17)12(19)14(15)21/h3-6H,1H2,2H3. The Hall–Kier alpha value is -2.90. The average Bonchev–Trinajstić information content (AvgIpc) is 2.61. The average molecular weight is 344 g/mol. The molecule has 0 radical (unpaired) electrons. The van der Waals surface area contributed by atoms with E-state index < -0.39 is 46.4 Å². The van der Waals surface area contributed by atoms with E-state index in [1.807, 2.05) is 0 Å². The molecule has 0 aromatic heterocycles. The lowest BCUT2D eigenvalue weighted by molar-refractivity contribution is -0.128. The number of para-hydroxylation sites is 1. The van der Waals surface area contributed by atoms with Gasteiger partial charge in [0.2, 0.25) is 34.8 Å². The zero-order valence-corrected chi connectivity index (χ0v) is 12.1. The van der Waals surface area contributed by atoms with Crippen LogP contribution in [0.4, 0.5) is 22.0 Å². The van der Waals surface area contributed by atoms with Gasteiger partial charge < -0.3 is 9.47 Å². The van der Waals surface area contributed by atoms with E-state index in [2.05, 4.69) is 11.3 Å². The SMILES string of the molecule is C=C(C(=O)Oc1c(F)c(F)c(F)c(F)c1F)c1ccccc1OC. The van der Waals surface area contributed by atoms with Gasteiger partial charge in [-0.15, -0.1) is 0 Å². The third-order valence-corrected chi connectivity index (χ3v) is 3.04. The Morgan fingerprint density at radius 1 is 0.917 bits per heavy atom. The van der Waals surface area contributed by atoms with Crippen LogP contribution in [0.1, 0.15) is 5.56 Å². The van der Waals surface area contributed by atoms with E-state index >= 15 is 0 Å². The first-order valence-electron chi connectivity index (χ1n) is 6.35. The first-order chi connectivity index (χ1) is 11.3. The maximum absolute atomic E-state index is 13.5. The Labute approximate surface area is 132 Å². The second kappa shape index (κ2) is 6.69. The van der Waals surface area contributed by atoms with E-state index in [0.29, 0.717) is 0 Å². The van der Waals surface area contributed by atoms with Crippen molar-refractivity contribution in [2.45, 2.75) is 0 Å². The van der Waals surface area contributed by atoms with Crippen LogP contribution in [0.15, 0.2) is 30.8 Å². The zero-order chi connectivity index (χ0) is 18.0. The van der Waals surface area contributed by atoms with Crippen LogP contribution in [0, 0.1) is 29.1 Å². The molecule has 0 aliphatic rings. The molecule has 0 aliphatic carbocycles. The van der Waals surface area contributed by atoms with Crippen LogP contribution in [0.3, 0.4) is 0 Å². The molecular formula is C16H9F5O3. The summed E-state index contributed by atoms with van der Waals surface area (Å²) in [5.74, 6) is -14.2. The Morgan fingerprint density at radius 2 is 1.42 bits per heavy atom. The van der Waals surface area contributed by atoms with Gasteiger partial charge >= 0.3 is 5.97 Å². The van der Waals surface area contributed by atoms with Crippen LogP contribution >= 0.6 is 0 Å². The topological polar surface area (TPSA) is 35.5 Å². The molecule has 0 spiro atoms. The van der Waals surface area contributed by atoms with E-state index in [1.165, 1.54) is 25.3 Å². The number of carbonyl (C=O) groups excluding carboxylic acids is 1. The molecule has 0 aliphatic heterocycles. The number of hydrogen-bond acceptors (Lipinski definition) is 3. The summed E-state index contributed by atoms with van der Waals surface area (Å²) in [7, 11) is 1.31. The molecule has 0 saturated carbocycles. The Morgan fingerprint density at radius 3 is 1.96 bits per heavy atom. The third-order valence-electron chi connectivity index (χ3n) is 3.04. The number of ether oxygens (including phenoxy) is 2. The summed E-state index contributed by atoms with van der Waals surface area (Å²) in [4.78, 5) is 11.9. The minimum absolute atomic E-state index is 0.133. The molecule has 0 heterocycles. The van der Waals surface area contributed by atoms with Gasteiger partial charge in [-0.1, -0.05) is 24.8 Å². The highest BCUT2D eigenvalue weighted by molar-refractivity contribution is 6.17. The van der Waals surface area contributed by atoms with Crippen molar-refractivity contribution >= 4 is 11.5 Å². The molecule has 24 heavy (non-hydrogen) atoms. The summed E-state index contributed by atoms with van der Waals surface area (Å²) in [6.45, 7) is 3.39. The predicted octanol–water partition coefficient (Wildman–Crippen LogP) is 4.01. The molecule has 126 valence electrons. The highest BCUT2D eigenvalue weighted by Gasteiger charge is 2.29. The number of carbonyl (C=O) groups is 1. The fourth-order valence-corrected chi connectivity index (χ4v) is 1.83. The van der Waals surface area contributed by atoms with Crippen molar-refractivity contribution in [1.29, 1.82) is 0 Å². The monoisotopic (exact) mass is 344 g/mol. The summed E-state index contributed by atoms with van der Waals surface area (Å²) in [5.41, 5.74) is -0.259. The first-order valence-corrected chi connectivity index (χ1v) is 6.35. The minimum atomic E-state index is -2.35. The highest BCUT2D eigenvalue weighted by Crippen LogP contribution is 2.31. The smallest absolute Gasteiger partial charge is 0.343 e. The Balaban J connectivity index is 2.39. The lowest BCUT2D eigenvalue weighted by Crippen LogP contribution is -2.14. The number of methoxy groups -OCH3 is 1. The molecule has 0 amide bonds. The maximum atomic E-state index is 13.5. The molecule has 0 fully saturated rings. The molecule has 2 aromatic rings. The summed E-state index contributed by atoms with van der Waals surface area (Å²) in [5, 5.41) is 0. The molecule has 0 atom stereocenters. The van der Waals surface area contributed by atoms with Crippen LogP contribution in [0.5, 0.6) is 11.5 Å². The predicted molar refractivity (Wildman–Crippen MR) is 73.9 cm³/mol. The van der Waals surface area contributed by atoms with Gasteiger partial charge in [-0.3, -0.25) is 0 Å². The molecular weight excluding hydrogens is 335 g/mol. The normalized spacial score (nSPS) is 10.4. The number of benzene rings is 2. The summed E-state index contributed by atoms with van der Waals surface area (Å²) in [6, 6.07) is 5.99. The van der Waals surface area contributed by atoms with Crippen LogP contribution < -0.4 is 9.47 Å². The van der Waals surface area contributed by atoms with Gasteiger partial charge in [0.15, 0.2) is 0 Å². The van der Waals surface area contributed by atoms with E-state index in [9.17, 15) is 26.7 Å². The molecule has 3 nitrogen and oxygen atoms in total. The number of esters is 1. The van der Waals surface area contributed by atoms with E-state index in [1.54, 1.807) is 6.07 Å². The zero-order valence-electron chi connectivity index (χ0n) is 12.1. The molecule has 8 heteroatoms. The van der Waals surface area contributed by atoms with E-state index in [-0.39, 0.29) is 11.3 Å². The van der Waals surface area contributed by atoms with Gasteiger partial charge in [0.1, 0.15) is 5.75 Å². The minimum Gasteiger partial charge on any atom is -0.496 e. The van der Waals surface area contributed by atoms with Gasteiger partial charge in [-0.25, -0.2) is 18.0 Å². The van der Waals surface area contributed by atoms with Gasteiger partial charge in [0.05, 0.1) is 12.7 Å². The van der Waals surface area contributed by atoms with Crippen LogP contribution in [0.2, 0.25) is 0 Å². The van der Waals surface area contributed by atoms with Crippen LogP contribution in [0.25, 0.3) is 5.57 Å². The largest absolute Gasteiger partial charge is 0.496 e. The van der Waals surface area contributed by atoms with Crippen molar-refractivity contribution in [1.82, 2.24) is 0 Å². The second-order valence-electron chi connectivity index (χ2n) is 4.47. The van der Waals surface area contributed by atoms with Gasteiger partial charge in [-0.2, -0.15) is 8.78 Å². The van der Waals surface area contributed by atoms with Crippen molar-refractivity contribution in [3.05, 3.63) is 65.5 Å². The fourth-order valence-electron chi connectivity index (χ4n) is 1.83. The Bertz CT molecular complexity index is 804. The van der Waals surface area contributed by atoms with Gasteiger partial charge in [0.25, 0.3) is 0 Å². The maximum Gasteiger partial charge on any atom is 0.343 e.